The van der Waals surface area contributed by atoms with Crippen molar-refractivity contribution >= 4 is 29.9 Å². The highest BCUT2D eigenvalue weighted by atomic mass is 35.5. The summed E-state index contributed by atoms with van der Waals surface area (Å²) in [5.41, 5.74) is 8.57. The predicted octanol–water partition coefficient (Wildman–Crippen LogP) is 3.22. The molecule has 2 rings (SSSR count). The summed E-state index contributed by atoms with van der Waals surface area (Å²) in [4.78, 5) is 23.6. The molecule has 0 fully saturated rings. The van der Waals surface area contributed by atoms with Gasteiger partial charge in [-0.25, -0.2) is 0 Å². The normalized spacial score (nSPS) is 11.1. The van der Waals surface area contributed by atoms with E-state index in [1.165, 1.54) is 0 Å². The number of hydrogen-bond acceptors (Lipinski definition) is 4. The molecule has 6 nitrogen and oxygen atoms in total. The van der Waals surface area contributed by atoms with Crippen LogP contribution in [-0.2, 0) is 16.0 Å². The van der Waals surface area contributed by atoms with Crippen LogP contribution in [0.1, 0.15) is 30.9 Å². The van der Waals surface area contributed by atoms with Crippen LogP contribution in [0.25, 0.3) is 0 Å². The Balaban J connectivity index is 0.00000420. The Kier molecular flexibility index (Phi) is 10.8. The number of benzene rings is 2. The lowest BCUT2D eigenvalue weighted by Crippen LogP contribution is -2.27. The van der Waals surface area contributed by atoms with Gasteiger partial charge in [0.25, 0.3) is 5.91 Å². The number of amides is 2. The van der Waals surface area contributed by atoms with Crippen LogP contribution >= 0.6 is 12.4 Å². The first-order valence-electron chi connectivity index (χ1n) is 9.53. The van der Waals surface area contributed by atoms with Gasteiger partial charge in [0.2, 0.25) is 5.91 Å². The lowest BCUT2D eigenvalue weighted by Gasteiger charge is -2.09. The van der Waals surface area contributed by atoms with Gasteiger partial charge in [-0.05, 0) is 62.1 Å². The summed E-state index contributed by atoms with van der Waals surface area (Å²) in [6, 6.07) is 15.2. The van der Waals surface area contributed by atoms with E-state index in [4.69, 9.17) is 10.5 Å². The van der Waals surface area contributed by atoms with Crippen LogP contribution in [0.2, 0.25) is 0 Å². The molecule has 4 N–H and O–H groups in total. The van der Waals surface area contributed by atoms with E-state index in [0.717, 1.165) is 23.2 Å². The highest BCUT2D eigenvalue weighted by molar-refractivity contribution is 5.91. The molecule has 0 spiro atoms. The Morgan fingerprint density at radius 2 is 1.83 bits per heavy atom. The molecule has 0 heterocycles. The lowest BCUT2D eigenvalue weighted by molar-refractivity contribution is -0.121. The molecule has 0 radical (unpaired) electrons. The zero-order valence-corrected chi connectivity index (χ0v) is 17.8. The molecule has 2 aromatic rings. The zero-order valence-electron chi connectivity index (χ0n) is 16.9. The van der Waals surface area contributed by atoms with Crippen molar-refractivity contribution in [3.05, 3.63) is 59.7 Å². The highest BCUT2D eigenvalue weighted by Crippen LogP contribution is 2.13. The Labute approximate surface area is 178 Å². The summed E-state index contributed by atoms with van der Waals surface area (Å²) in [6.45, 7) is 4.39. The number of carbonyl (C=O) groups excluding carboxylic acids is 2. The maximum atomic E-state index is 12.0. The largest absolute Gasteiger partial charge is 0.484 e. The van der Waals surface area contributed by atoms with E-state index < -0.39 is 0 Å². The van der Waals surface area contributed by atoms with Crippen molar-refractivity contribution < 1.29 is 14.3 Å². The first kappa shape index (κ1) is 24.5. The van der Waals surface area contributed by atoms with Crippen LogP contribution in [0.3, 0.4) is 0 Å². The molecule has 0 aliphatic rings. The summed E-state index contributed by atoms with van der Waals surface area (Å²) in [5, 5.41) is 5.70. The van der Waals surface area contributed by atoms with E-state index in [9.17, 15) is 9.59 Å². The summed E-state index contributed by atoms with van der Waals surface area (Å²) in [5.74, 6) is 0.449. The van der Waals surface area contributed by atoms with Crippen molar-refractivity contribution in [2.45, 2.75) is 39.2 Å². The van der Waals surface area contributed by atoms with Gasteiger partial charge in [-0.3, -0.25) is 9.59 Å². The van der Waals surface area contributed by atoms with E-state index in [1.807, 2.05) is 62.4 Å². The van der Waals surface area contributed by atoms with Gasteiger partial charge in [0.15, 0.2) is 6.61 Å². The van der Waals surface area contributed by atoms with Gasteiger partial charge in [0, 0.05) is 24.7 Å². The zero-order chi connectivity index (χ0) is 20.4. The minimum atomic E-state index is -0.204. The molecule has 0 saturated carbocycles. The van der Waals surface area contributed by atoms with Crippen molar-refractivity contribution in [2.75, 3.05) is 18.5 Å². The summed E-state index contributed by atoms with van der Waals surface area (Å²) < 4.78 is 5.53. The van der Waals surface area contributed by atoms with Gasteiger partial charge in [-0.2, -0.15) is 0 Å². The molecule has 0 aromatic heterocycles. The fraction of sp³-hybridized carbons (Fsp3) is 0.364. The molecule has 2 aromatic carbocycles. The smallest absolute Gasteiger partial charge is 0.262 e. The Bertz CT molecular complexity index is 779. The summed E-state index contributed by atoms with van der Waals surface area (Å²) in [6.07, 6.45) is 1.88. The molecule has 7 heteroatoms. The summed E-state index contributed by atoms with van der Waals surface area (Å²) in [7, 11) is 0. The number of nitrogens with two attached hydrogens (primary N) is 1. The molecule has 29 heavy (non-hydrogen) atoms. The van der Waals surface area contributed by atoms with Crippen molar-refractivity contribution in [1.82, 2.24) is 5.32 Å². The molecule has 0 aliphatic carbocycles. The topological polar surface area (TPSA) is 93.5 Å². The number of hydrogen-bond donors (Lipinski definition) is 3. The minimum absolute atomic E-state index is 0. The fourth-order valence-corrected chi connectivity index (χ4v) is 2.61. The van der Waals surface area contributed by atoms with Crippen LogP contribution in [0.5, 0.6) is 5.75 Å². The average Bonchev–Trinajstić information content (AvgIpc) is 2.66. The number of anilines is 1. The second-order valence-corrected chi connectivity index (χ2v) is 6.97. The maximum absolute atomic E-state index is 12.0. The van der Waals surface area contributed by atoms with Crippen molar-refractivity contribution in [2.24, 2.45) is 5.73 Å². The highest BCUT2D eigenvalue weighted by Gasteiger charge is 2.05. The third kappa shape index (κ3) is 9.96. The van der Waals surface area contributed by atoms with E-state index in [1.54, 1.807) is 0 Å². The Hall–Kier alpha value is -2.57. The number of aryl methyl sites for hydroxylation is 1. The second kappa shape index (κ2) is 12.8. The van der Waals surface area contributed by atoms with E-state index in [-0.39, 0.29) is 36.9 Å². The fourth-order valence-electron chi connectivity index (χ4n) is 2.61. The number of rotatable bonds is 10. The van der Waals surface area contributed by atoms with Crippen molar-refractivity contribution in [1.29, 1.82) is 0 Å². The first-order chi connectivity index (χ1) is 13.4. The van der Waals surface area contributed by atoms with Crippen LogP contribution in [0.15, 0.2) is 48.5 Å². The number of nitrogens with one attached hydrogen (secondary N) is 2. The quantitative estimate of drug-likeness (QED) is 0.551. The van der Waals surface area contributed by atoms with Crippen molar-refractivity contribution in [3.63, 3.8) is 0 Å². The van der Waals surface area contributed by atoms with E-state index >= 15 is 0 Å². The van der Waals surface area contributed by atoms with Crippen LogP contribution in [0, 0.1) is 6.92 Å². The third-order valence-electron chi connectivity index (χ3n) is 4.16. The van der Waals surface area contributed by atoms with Crippen LogP contribution < -0.4 is 21.1 Å². The molecule has 0 aliphatic heterocycles. The molecule has 0 saturated heterocycles. The monoisotopic (exact) mass is 419 g/mol. The van der Waals surface area contributed by atoms with Crippen molar-refractivity contribution in [3.8, 4) is 5.75 Å². The maximum Gasteiger partial charge on any atom is 0.262 e. The molecule has 1 unspecified atom stereocenters. The molecule has 158 valence electrons. The van der Waals surface area contributed by atoms with Gasteiger partial charge < -0.3 is 21.1 Å². The SMILES string of the molecule is Cc1cccc(NC(=O)COc2ccc(CCNC(=O)CCC(C)N)cc2)c1.Cl. The standard InChI is InChI=1S/C22H29N3O3.ClH/c1-16-4-3-5-19(14-16)25-22(27)15-28-20-9-7-18(8-10-20)12-13-24-21(26)11-6-17(2)23;/h3-5,7-10,14,17H,6,11-13,15,23H2,1-2H3,(H,24,26)(H,25,27);1H. The Morgan fingerprint density at radius 1 is 1.10 bits per heavy atom. The first-order valence-corrected chi connectivity index (χ1v) is 9.53. The second-order valence-electron chi connectivity index (χ2n) is 6.97. The molecule has 0 bridgehead atoms. The van der Waals surface area contributed by atoms with Crippen LogP contribution in [-0.4, -0.2) is 31.0 Å². The Morgan fingerprint density at radius 3 is 2.48 bits per heavy atom. The van der Waals surface area contributed by atoms with E-state index in [2.05, 4.69) is 10.6 Å². The van der Waals surface area contributed by atoms with Gasteiger partial charge in [0.05, 0.1) is 0 Å². The average molecular weight is 420 g/mol. The number of carbonyl (C=O) groups is 2. The predicted molar refractivity (Wildman–Crippen MR) is 119 cm³/mol. The third-order valence-corrected chi connectivity index (χ3v) is 4.16. The van der Waals surface area contributed by atoms with Gasteiger partial charge in [-0.15, -0.1) is 12.4 Å². The number of ether oxygens (including phenoxy) is 1. The van der Waals surface area contributed by atoms with Crippen LogP contribution in [0.4, 0.5) is 5.69 Å². The lowest BCUT2D eigenvalue weighted by atomic mass is 10.1. The minimum Gasteiger partial charge on any atom is -0.484 e. The van der Waals surface area contributed by atoms with Gasteiger partial charge >= 0.3 is 0 Å². The molecule has 1 atom stereocenters. The summed E-state index contributed by atoms with van der Waals surface area (Å²) >= 11 is 0. The molecule has 2 amide bonds. The number of halogens is 1. The van der Waals surface area contributed by atoms with Gasteiger partial charge in [-0.1, -0.05) is 24.3 Å². The van der Waals surface area contributed by atoms with E-state index in [0.29, 0.717) is 25.1 Å². The molecular formula is C22H30ClN3O3. The van der Waals surface area contributed by atoms with Gasteiger partial charge in [0.1, 0.15) is 5.75 Å². The molecular weight excluding hydrogens is 390 g/mol.